The number of anilines is 1. The van der Waals surface area contributed by atoms with E-state index in [0.717, 1.165) is 31.3 Å². The topological polar surface area (TPSA) is 52.9 Å². The van der Waals surface area contributed by atoms with Crippen LogP contribution >= 0.6 is 0 Å². The summed E-state index contributed by atoms with van der Waals surface area (Å²) in [6, 6.07) is 8.38. The van der Waals surface area contributed by atoms with Crippen LogP contribution in [0.4, 0.5) is 17.3 Å². The maximum atomic E-state index is 4.44. The van der Waals surface area contributed by atoms with E-state index in [9.17, 15) is 0 Å². The number of rotatable bonds is 9. The molecular weight excluding hydrogens is 376 g/mol. The highest BCUT2D eigenvalue weighted by atomic mass is 15.5. The summed E-state index contributed by atoms with van der Waals surface area (Å²) in [5.41, 5.74) is 2.10. The second kappa shape index (κ2) is 9.22. The quantitative estimate of drug-likeness (QED) is 0.361. The number of piperazine rings is 3. The predicted octanol–water partition coefficient (Wildman–Crippen LogP) is 2.60. The van der Waals surface area contributed by atoms with E-state index in [1.165, 1.54) is 62.4 Å². The molecule has 4 heterocycles. The van der Waals surface area contributed by atoms with Gasteiger partial charge in [0.2, 0.25) is 6.33 Å². The van der Waals surface area contributed by atoms with Crippen LogP contribution in [0.3, 0.4) is 0 Å². The normalized spacial score (nSPS) is 23.4. The lowest BCUT2D eigenvalue weighted by Gasteiger charge is -2.50. The third kappa shape index (κ3) is 4.54. The molecule has 2 aromatic rings. The fraction of sp³-hybridized carbons (Fsp3) is 0.636. The molecule has 3 aliphatic heterocycles. The van der Waals surface area contributed by atoms with Crippen molar-refractivity contribution in [2.24, 2.45) is 10.2 Å². The first-order chi connectivity index (χ1) is 14.6. The molecule has 0 saturated carbocycles. The van der Waals surface area contributed by atoms with Crippen molar-refractivity contribution in [3.63, 3.8) is 0 Å². The molecule has 8 heteroatoms. The van der Waals surface area contributed by atoms with Gasteiger partial charge in [0.05, 0.1) is 45.0 Å². The zero-order valence-corrected chi connectivity index (χ0v) is 18.7. The molecule has 2 bridgehead atoms. The van der Waals surface area contributed by atoms with Crippen molar-refractivity contribution < 1.29 is 9.05 Å². The standard InChI is InChI=1S/C22H36N8/c1-4-28-19-23-29(5-2)22(28)25-24-20-7-9-21(10-8-20)26(3)11-6-15-30-16-12-27(13-17-30)14-18-30/h7-10,19H,4-6,11-18H2,1-3H3/q+2. The van der Waals surface area contributed by atoms with Gasteiger partial charge in [0.15, 0.2) is 0 Å². The van der Waals surface area contributed by atoms with E-state index in [4.69, 9.17) is 0 Å². The van der Waals surface area contributed by atoms with Crippen LogP contribution in [0.5, 0.6) is 0 Å². The summed E-state index contributed by atoms with van der Waals surface area (Å²) >= 11 is 0. The van der Waals surface area contributed by atoms with E-state index in [2.05, 4.69) is 58.2 Å². The molecule has 3 aliphatic rings. The van der Waals surface area contributed by atoms with Crippen LogP contribution in [-0.2, 0) is 13.1 Å². The highest BCUT2D eigenvalue weighted by Crippen LogP contribution is 2.23. The smallest absolute Gasteiger partial charge is 0.374 e. The molecule has 0 radical (unpaired) electrons. The van der Waals surface area contributed by atoms with Crippen molar-refractivity contribution in [2.75, 3.05) is 64.3 Å². The van der Waals surface area contributed by atoms with Crippen molar-refractivity contribution in [3.8, 4) is 0 Å². The first-order valence-electron chi connectivity index (χ1n) is 11.4. The Morgan fingerprint density at radius 2 is 1.77 bits per heavy atom. The van der Waals surface area contributed by atoms with Gasteiger partial charge in [-0.2, -0.15) is 0 Å². The number of hydrogen-bond donors (Lipinski definition) is 0. The van der Waals surface area contributed by atoms with Crippen LogP contribution in [0, 0.1) is 0 Å². The maximum absolute atomic E-state index is 4.44. The van der Waals surface area contributed by atoms with Crippen LogP contribution in [0.2, 0.25) is 0 Å². The molecule has 0 amide bonds. The summed E-state index contributed by atoms with van der Waals surface area (Å²) in [7, 11) is 2.19. The van der Waals surface area contributed by atoms with Crippen molar-refractivity contribution in [1.29, 1.82) is 0 Å². The van der Waals surface area contributed by atoms with Crippen LogP contribution < -0.4 is 9.47 Å². The molecule has 8 nitrogen and oxygen atoms in total. The van der Waals surface area contributed by atoms with Crippen LogP contribution in [-0.4, -0.2) is 78.6 Å². The van der Waals surface area contributed by atoms with E-state index in [0.29, 0.717) is 0 Å². The van der Waals surface area contributed by atoms with Gasteiger partial charge in [-0.3, -0.25) is 4.90 Å². The van der Waals surface area contributed by atoms with Crippen molar-refractivity contribution in [1.82, 2.24) is 14.7 Å². The minimum absolute atomic E-state index is 0.781. The Balaban J connectivity index is 1.31. The molecule has 1 aromatic heterocycles. The third-order valence-electron chi connectivity index (χ3n) is 6.80. The van der Waals surface area contributed by atoms with Gasteiger partial charge < -0.3 is 9.38 Å². The number of nitrogens with zero attached hydrogens (tertiary/aromatic N) is 8. The first kappa shape index (κ1) is 20.9. The number of benzene rings is 1. The average molecular weight is 413 g/mol. The predicted molar refractivity (Wildman–Crippen MR) is 118 cm³/mol. The molecule has 1 aromatic carbocycles. The number of aryl methyl sites for hydroxylation is 2. The number of aromatic nitrogens is 3. The zero-order valence-electron chi connectivity index (χ0n) is 18.7. The second-order valence-corrected chi connectivity index (χ2v) is 8.60. The number of azo groups is 1. The zero-order chi connectivity index (χ0) is 21.0. The maximum Gasteiger partial charge on any atom is 0.403 e. The van der Waals surface area contributed by atoms with Gasteiger partial charge in [-0.05, 0) is 43.2 Å². The fourth-order valence-electron chi connectivity index (χ4n) is 4.65. The van der Waals surface area contributed by atoms with Crippen molar-refractivity contribution >= 4 is 17.3 Å². The Morgan fingerprint density at radius 3 is 2.40 bits per heavy atom. The van der Waals surface area contributed by atoms with E-state index < -0.39 is 0 Å². The summed E-state index contributed by atoms with van der Waals surface area (Å²) < 4.78 is 5.21. The lowest BCUT2D eigenvalue weighted by Crippen LogP contribution is -2.67. The summed E-state index contributed by atoms with van der Waals surface area (Å²) in [5, 5.41) is 13.2. The van der Waals surface area contributed by atoms with E-state index in [1.807, 2.05) is 27.7 Å². The Morgan fingerprint density at radius 1 is 1.07 bits per heavy atom. The van der Waals surface area contributed by atoms with Gasteiger partial charge in [-0.1, -0.05) is 5.11 Å². The van der Waals surface area contributed by atoms with E-state index in [-0.39, 0.29) is 0 Å². The minimum Gasteiger partial charge on any atom is -0.374 e. The number of hydrogen-bond acceptors (Lipinski definition) is 5. The first-order valence-corrected chi connectivity index (χ1v) is 11.4. The SMILES string of the molecule is CCn1nc[n+](CC)c1N=Nc1ccc(N(C)CCC[N+]23CCN(CC2)CC3)cc1. The average Bonchev–Trinajstić information content (AvgIpc) is 3.21. The molecule has 162 valence electrons. The molecule has 5 rings (SSSR count). The molecule has 0 unspecified atom stereocenters. The van der Waals surface area contributed by atoms with Gasteiger partial charge in [-0.25, -0.2) is 4.57 Å². The molecule has 0 atom stereocenters. The van der Waals surface area contributed by atoms with E-state index >= 15 is 0 Å². The highest BCUT2D eigenvalue weighted by Gasteiger charge is 2.37. The lowest BCUT2D eigenvalue weighted by molar-refractivity contribution is -0.941. The number of fused-ring (bicyclic) bond motifs is 3. The van der Waals surface area contributed by atoms with Gasteiger partial charge in [0.25, 0.3) is 0 Å². The van der Waals surface area contributed by atoms with Crippen LogP contribution in [0.1, 0.15) is 20.3 Å². The molecule has 30 heavy (non-hydrogen) atoms. The summed E-state index contributed by atoms with van der Waals surface area (Å²) in [6.07, 6.45) is 3.06. The third-order valence-corrected chi connectivity index (χ3v) is 6.80. The molecule has 3 fully saturated rings. The number of quaternary nitrogens is 1. The van der Waals surface area contributed by atoms with Gasteiger partial charge >= 0.3 is 5.95 Å². The minimum atomic E-state index is 0.781. The molecule has 3 saturated heterocycles. The molecule has 0 spiro atoms. The fourth-order valence-corrected chi connectivity index (χ4v) is 4.65. The van der Waals surface area contributed by atoms with Gasteiger partial charge in [0.1, 0.15) is 0 Å². The summed E-state index contributed by atoms with van der Waals surface area (Å²) in [6.45, 7) is 16.1. The van der Waals surface area contributed by atoms with Gasteiger partial charge in [0, 0.05) is 50.4 Å². The Kier molecular flexibility index (Phi) is 6.43. The highest BCUT2D eigenvalue weighted by molar-refractivity contribution is 5.52. The Hall–Kier alpha value is -2.32. The monoisotopic (exact) mass is 412 g/mol. The van der Waals surface area contributed by atoms with Gasteiger partial charge in [-0.15, -0.1) is 4.68 Å². The Labute approximate surface area is 180 Å². The molecule has 0 N–H and O–H groups in total. The molecule has 0 aliphatic carbocycles. The second-order valence-electron chi connectivity index (χ2n) is 8.60. The largest absolute Gasteiger partial charge is 0.403 e. The molecular formula is C22H36N8+2. The lowest BCUT2D eigenvalue weighted by atomic mass is 10.1. The van der Waals surface area contributed by atoms with Crippen molar-refractivity contribution in [3.05, 3.63) is 30.6 Å². The summed E-state index contributed by atoms with van der Waals surface area (Å²) in [4.78, 5) is 4.97. The summed E-state index contributed by atoms with van der Waals surface area (Å²) in [5.74, 6) is 0.784. The van der Waals surface area contributed by atoms with Crippen LogP contribution in [0.15, 0.2) is 40.8 Å². The van der Waals surface area contributed by atoms with E-state index in [1.54, 1.807) is 0 Å². The van der Waals surface area contributed by atoms with Crippen molar-refractivity contribution in [2.45, 2.75) is 33.4 Å². The van der Waals surface area contributed by atoms with Crippen LogP contribution in [0.25, 0.3) is 0 Å². The Bertz CT molecular complexity index is 813.